The van der Waals surface area contributed by atoms with Gasteiger partial charge in [-0.1, -0.05) is 53.5 Å². The zero-order valence-corrected chi connectivity index (χ0v) is 25.5. The third kappa shape index (κ3) is 6.34. The highest BCUT2D eigenvalue weighted by molar-refractivity contribution is 6.36. The SMILES string of the molecule is CCOc1cc(C=NNC(=O)c2[nH]c3c(OC)ccc(OC)c3c2-c2ccccc2)ccc1OC(=O)c1ccc(Cl)cc1Cl. The Labute approximate surface area is 263 Å². The standard InChI is InChI=1S/C33H27Cl2N3O6/c1-4-43-27-16-19(10-13-24(27)44-33(40)22-12-11-21(34)17-23(22)35)18-36-38-32(39)31-28(20-8-6-5-7-9-20)29-25(41-2)14-15-26(42-3)30(29)37-31/h5-18,37H,4H2,1-3H3,(H,38,39). The van der Waals surface area contributed by atoms with Crippen molar-refractivity contribution in [2.75, 3.05) is 20.8 Å². The molecule has 2 N–H and O–H groups in total. The van der Waals surface area contributed by atoms with Crippen LogP contribution in [0.25, 0.3) is 22.0 Å². The van der Waals surface area contributed by atoms with Crippen LogP contribution >= 0.6 is 23.2 Å². The molecule has 0 aliphatic rings. The molecule has 5 rings (SSSR count). The van der Waals surface area contributed by atoms with E-state index in [1.165, 1.54) is 18.3 Å². The number of hydrogen-bond donors (Lipinski definition) is 2. The van der Waals surface area contributed by atoms with E-state index >= 15 is 0 Å². The number of halogens is 2. The topological polar surface area (TPSA) is 111 Å². The predicted octanol–water partition coefficient (Wildman–Crippen LogP) is 7.54. The van der Waals surface area contributed by atoms with Crippen molar-refractivity contribution in [3.63, 3.8) is 0 Å². The van der Waals surface area contributed by atoms with Gasteiger partial charge in [0.05, 0.1) is 48.5 Å². The molecule has 0 aliphatic heterocycles. The fraction of sp³-hybridized carbons (Fsp3) is 0.121. The molecule has 0 atom stereocenters. The summed E-state index contributed by atoms with van der Waals surface area (Å²) in [4.78, 5) is 29.4. The summed E-state index contributed by atoms with van der Waals surface area (Å²) in [5.74, 6) is 0.502. The van der Waals surface area contributed by atoms with Crippen molar-refractivity contribution in [2.24, 2.45) is 5.10 Å². The molecule has 4 aromatic carbocycles. The van der Waals surface area contributed by atoms with Gasteiger partial charge < -0.3 is 23.9 Å². The second-order valence-corrected chi connectivity index (χ2v) is 10.2. The normalized spacial score (nSPS) is 11.0. The Morgan fingerprint density at radius 3 is 2.32 bits per heavy atom. The van der Waals surface area contributed by atoms with E-state index in [2.05, 4.69) is 15.5 Å². The molecular weight excluding hydrogens is 605 g/mol. The highest BCUT2D eigenvalue weighted by atomic mass is 35.5. The lowest BCUT2D eigenvalue weighted by Crippen LogP contribution is -2.19. The van der Waals surface area contributed by atoms with E-state index in [4.69, 9.17) is 42.1 Å². The van der Waals surface area contributed by atoms with Crippen molar-refractivity contribution >= 4 is 52.2 Å². The number of aromatic nitrogens is 1. The molecule has 0 saturated heterocycles. The molecule has 9 nitrogen and oxygen atoms in total. The van der Waals surface area contributed by atoms with Crippen LogP contribution in [0.1, 0.15) is 33.3 Å². The lowest BCUT2D eigenvalue weighted by Gasteiger charge is -2.12. The van der Waals surface area contributed by atoms with Gasteiger partial charge in [-0.15, -0.1) is 0 Å². The number of rotatable bonds is 10. The van der Waals surface area contributed by atoms with Crippen LogP contribution in [-0.4, -0.2) is 43.9 Å². The van der Waals surface area contributed by atoms with Crippen LogP contribution in [-0.2, 0) is 0 Å². The predicted molar refractivity (Wildman–Crippen MR) is 171 cm³/mol. The number of amides is 1. The molecule has 5 aromatic rings. The van der Waals surface area contributed by atoms with Crippen LogP contribution in [0.3, 0.4) is 0 Å². The quantitative estimate of drug-likeness (QED) is 0.0713. The molecule has 0 spiro atoms. The number of carbonyl (C=O) groups is 2. The van der Waals surface area contributed by atoms with E-state index in [-0.39, 0.29) is 22.0 Å². The number of ether oxygens (including phenoxy) is 4. The summed E-state index contributed by atoms with van der Waals surface area (Å²) < 4.78 is 22.4. The number of benzene rings is 4. The maximum atomic E-state index is 13.5. The number of hydrazone groups is 1. The van der Waals surface area contributed by atoms with E-state index in [1.807, 2.05) is 30.3 Å². The monoisotopic (exact) mass is 631 g/mol. The smallest absolute Gasteiger partial charge is 0.345 e. The largest absolute Gasteiger partial charge is 0.496 e. The lowest BCUT2D eigenvalue weighted by atomic mass is 10.0. The molecule has 224 valence electrons. The Hall–Kier alpha value is -4.99. The first-order valence-electron chi connectivity index (χ1n) is 13.4. The summed E-state index contributed by atoms with van der Waals surface area (Å²) in [7, 11) is 3.13. The van der Waals surface area contributed by atoms with Crippen LogP contribution < -0.4 is 24.4 Å². The Morgan fingerprint density at radius 1 is 0.886 bits per heavy atom. The van der Waals surface area contributed by atoms with Gasteiger partial charge in [0.1, 0.15) is 17.2 Å². The van der Waals surface area contributed by atoms with E-state index in [0.29, 0.717) is 50.9 Å². The number of fused-ring (bicyclic) bond motifs is 1. The molecule has 0 fully saturated rings. The summed E-state index contributed by atoms with van der Waals surface area (Å²) in [6.45, 7) is 2.12. The Morgan fingerprint density at radius 2 is 1.61 bits per heavy atom. The van der Waals surface area contributed by atoms with Crippen LogP contribution in [0, 0.1) is 0 Å². The van der Waals surface area contributed by atoms with E-state index in [1.54, 1.807) is 57.5 Å². The van der Waals surface area contributed by atoms with Gasteiger partial charge in [-0.3, -0.25) is 4.79 Å². The molecule has 1 aromatic heterocycles. The van der Waals surface area contributed by atoms with Crippen molar-refractivity contribution in [1.29, 1.82) is 0 Å². The number of aromatic amines is 1. The van der Waals surface area contributed by atoms with E-state index in [9.17, 15) is 9.59 Å². The summed E-state index contributed by atoms with van der Waals surface area (Å²) >= 11 is 12.1. The van der Waals surface area contributed by atoms with Crippen LogP contribution in [0.5, 0.6) is 23.0 Å². The minimum absolute atomic E-state index is 0.161. The maximum Gasteiger partial charge on any atom is 0.345 e. The average Bonchev–Trinajstić information content (AvgIpc) is 3.43. The first kappa shape index (κ1) is 30.5. The first-order chi connectivity index (χ1) is 21.3. The minimum atomic E-state index is -0.665. The second-order valence-electron chi connectivity index (χ2n) is 9.31. The number of methoxy groups -OCH3 is 2. The van der Waals surface area contributed by atoms with Gasteiger partial charge in [0, 0.05) is 10.6 Å². The maximum absolute atomic E-state index is 13.5. The van der Waals surface area contributed by atoms with Crippen molar-refractivity contribution in [1.82, 2.24) is 10.4 Å². The number of hydrogen-bond acceptors (Lipinski definition) is 7. The Kier molecular flexibility index (Phi) is 9.38. The Balaban J connectivity index is 1.41. The minimum Gasteiger partial charge on any atom is -0.496 e. The summed E-state index contributed by atoms with van der Waals surface area (Å²) in [6, 6.07) is 22.4. The highest BCUT2D eigenvalue weighted by Crippen LogP contribution is 2.42. The van der Waals surface area contributed by atoms with Crippen molar-refractivity contribution in [2.45, 2.75) is 6.92 Å². The van der Waals surface area contributed by atoms with Crippen LogP contribution in [0.15, 0.2) is 84.0 Å². The van der Waals surface area contributed by atoms with Gasteiger partial charge in [0.25, 0.3) is 5.91 Å². The fourth-order valence-corrected chi connectivity index (χ4v) is 5.13. The lowest BCUT2D eigenvalue weighted by molar-refractivity contribution is 0.0728. The molecule has 0 radical (unpaired) electrons. The van der Waals surface area contributed by atoms with E-state index in [0.717, 1.165) is 5.56 Å². The molecule has 0 saturated carbocycles. The molecule has 1 heterocycles. The summed E-state index contributed by atoms with van der Waals surface area (Å²) in [5, 5.41) is 5.44. The summed E-state index contributed by atoms with van der Waals surface area (Å²) in [6.07, 6.45) is 1.45. The molecule has 44 heavy (non-hydrogen) atoms. The third-order valence-electron chi connectivity index (χ3n) is 6.61. The molecule has 11 heteroatoms. The number of esters is 1. The van der Waals surface area contributed by atoms with E-state index < -0.39 is 11.9 Å². The zero-order chi connectivity index (χ0) is 31.2. The molecule has 0 unspecified atom stereocenters. The van der Waals surface area contributed by atoms with Gasteiger partial charge >= 0.3 is 5.97 Å². The van der Waals surface area contributed by atoms with Gasteiger partial charge in [0.15, 0.2) is 11.5 Å². The highest BCUT2D eigenvalue weighted by Gasteiger charge is 2.24. The third-order valence-corrected chi connectivity index (χ3v) is 7.16. The van der Waals surface area contributed by atoms with Crippen molar-refractivity contribution < 1.29 is 28.5 Å². The number of H-pyrrole nitrogens is 1. The molecular formula is C33H27Cl2N3O6. The molecule has 0 bridgehead atoms. The average molecular weight is 633 g/mol. The second kappa shape index (κ2) is 13.5. The number of nitrogens with one attached hydrogen (secondary N) is 2. The Bertz CT molecular complexity index is 1870. The molecule has 0 aliphatic carbocycles. The number of nitrogens with zero attached hydrogens (tertiary/aromatic N) is 1. The van der Waals surface area contributed by atoms with Crippen molar-refractivity contribution in [3.05, 3.63) is 106 Å². The molecule has 1 amide bonds. The van der Waals surface area contributed by atoms with Crippen molar-refractivity contribution in [3.8, 4) is 34.1 Å². The first-order valence-corrected chi connectivity index (χ1v) is 14.2. The fourth-order valence-electron chi connectivity index (χ4n) is 4.64. The number of carbonyl (C=O) groups excluding carboxylic acids is 2. The van der Waals surface area contributed by atoms with Crippen LogP contribution in [0.2, 0.25) is 10.0 Å². The van der Waals surface area contributed by atoms with Gasteiger partial charge in [-0.05, 0) is 66.6 Å². The van der Waals surface area contributed by atoms with Gasteiger partial charge in [0.2, 0.25) is 0 Å². The van der Waals surface area contributed by atoms with Crippen LogP contribution in [0.4, 0.5) is 0 Å². The van der Waals surface area contributed by atoms with Gasteiger partial charge in [-0.2, -0.15) is 5.10 Å². The van der Waals surface area contributed by atoms with Gasteiger partial charge in [-0.25, -0.2) is 10.2 Å². The summed E-state index contributed by atoms with van der Waals surface area (Å²) in [5.41, 5.74) is 5.69. The zero-order valence-electron chi connectivity index (χ0n) is 23.9.